The van der Waals surface area contributed by atoms with Crippen molar-refractivity contribution < 1.29 is 14.3 Å². The maximum Gasteiger partial charge on any atom is 0.276 e. The Balaban J connectivity index is 1.80. The predicted molar refractivity (Wildman–Crippen MR) is 106 cm³/mol. The zero-order chi connectivity index (χ0) is 19.8. The molecule has 1 aliphatic rings. The van der Waals surface area contributed by atoms with Gasteiger partial charge in [0, 0.05) is 45.3 Å². The molecule has 7 nitrogen and oxygen atoms in total. The number of piperazine rings is 1. The van der Waals surface area contributed by atoms with Crippen LogP contribution in [0.15, 0.2) is 23.3 Å². The third-order valence-corrected chi connectivity index (χ3v) is 4.99. The highest BCUT2D eigenvalue weighted by atomic mass is 16.3. The Kier molecular flexibility index (Phi) is 8.47. The highest BCUT2D eigenvalue weighted by Gasteiger charge is 2.23. The number of allylic oxidation sites excluding steroid dienone is 1. The van der Waals surface area contributed by atoms with E-state index in [0.717, 1.165) is 39.0 Å². The van der Waals surface area contributed by atoms with Crippen molar-refractivity contribution in [2.45, 2.75) is 52.3 Å². The molecular formula is C20H34N4O3. The number of oxazole rings is 1. The number of hydrogen-bond donors (Lipinski definition) is 1. The number of carbonyl (C=O) groups excluding carboxylic acids is 1. The maximum atomic E-state index is 12.5. The lowest BCUT2D eigenvalue weighted by Gasteiger charge is -2.34. The SMILES string of the molecule is C=CCCC(O)CN1CCN(Cc2nc(C(=O)N(CC)C(C)C)co2)CC1. The molecule has 1 fully saturated rings. The Labute approximate surface area is 162 Å². The second-order valence-corrected chi connectivity index (χ2v) is 7.41. The first-order valence-electron chi connectivity index (χ1n) is 9.93. The van der Waals surface area contributed by atoms with Gasteiger partial charge in [-0.3, -0.25) is 14.6 Å². The molecule has 1 N–H and O–H groups in total. The van der Waals surface area contributed by atoms with Crippen LogP contribution in [0.3, 0.4) is 0 Å². The molecule has 7 heteroatoms. The summed E-state index contributed by atoms with van der Waals surface area (Å²) in [6.45, 7) is 15.2. The average molecular weight is 379 g/mol. The largest absolute Gasteiger partial charge is 0.447 e. The van der Waals surface area contributed by atoms with Crippen molar-refractivity contribution in [3.63, 3.8) is 0 Å². The van der Waals surface area contributed by atoms with Gasteiger partial charge in [-0.2, -0.15) is 0 Å². The van der Waals surface area contributed by atoms with Gasteiger partial charge >= 0.3 is 0 Å². The summed E-state index contributed by atoms with van der Waals surface area (Å²) in [6.07, 6.45) is 4.63. The van der Waals surface area contributed by atoms with Crippen molar-refractivity contribution in [3.8, 4) is 0 Å². The summed E-state index contributed by atoms with van der Waals surface area (Å²) in [5, 5.41) is 10.0. The Morgan fingerprint density at radius 2 is 2.04 bits per heavy atom. The Morgan fingerprint density at radius 1 is 1.37 bits per heavy atom. The molecule has 0 aromatic carbocycles. The molecule has 1 aliphatic heterocycles. The van der Waals surface area contributed by atoms with Gasteiger partial charge in [0.25, 0.3) is 5.91 Å². The number of β-amino-alcohol motifs (C(OH)–C–C–N with tert-alkyl or cyclic N) is 1. The van der Waals surface area contributed by atoms with Crippen molar-refractivity contribution >= 4 is 5.91 Å². The summed E-state index contributed by atoms with van der Waals surface area (Å²) in [7, 11) is 0. The van der Waals surface area contributed by atoms with Gasteiger partial charge in [0.2, 0.25) is 5.89 Å². The van der Waals surface area contributed by atoms with E-state index in [2.05, 4.69) is 21.4 Å². The van der Waals surface area contributed by atoms with E-state index < -0.39 is 0 Å². The summed E-state index contributed by atoms with van der Waals surface area (Å²) >= 11 is 0. The van der Waals surface area contributed by atoms with Crippen molar-refractivity contribution in [2.75, 3.05) is 39.3 Å². The van der Waals surface area contributed by atoms with Gasteiger partial charge in [0.05, 0.1) is 12.6 Å². The van der Waals surface area contributed by atoms with E-state index >= 15 is 0 Å². The minimum Gasteiger partial charge on any atom is -0.447 e. The summed E-state index contributed by atoms with van der Waals surface area (Å²) in [4.78, 5) is 23.2. The molecule has 1 unspecified atom stereocenters. The molecule has 27 heavy (non-hydrogen) atoms. The van der Waals surface area contributed by atoms with Gasteiger partial charge in [0.1, 0.15) is 6.26 Å². The molecule has 1 atom stereocenters. The Morgan fingerprint density at radius 3 is 2.63 bits per heavy atom. The molecule has 1 amide bonds. The van der Waals surface area contributed by atoms with E-state index in [1.807, 2.05) is 26.8 Å². The number of aliphatic hydroxyl groups excluding tert-OH is 1. The third kappa shape index (κ3) is 6.45. The van der Waals surface area contributed by atoms with Gasteiger partial charge in [-0.15, -0.1) is 6.58 Å². The van der Waals surface area contributed by atoms with Crippen LogP contribution in [0.1, 0.15) is 50.0 Å². The standard InChI is InChI=1S/C20H34N4O3/c1-5-7-8-17(25)13-22-9-11-23(12-10-22)14-19-21-18(15-27-19)20(26)24(6-2)16(3)4/h5,15-17,25H,1,6-14H2,2-4H3. The van der Waals surface area contributed by atoms with E-state index in [4.69, 9.17) is 4.42 Å². The predicted octanol–water partition coefficient (Wildman–Crippen LogP) is 1.99. The lowest BCUT2D eigenvalue weighted by Crippen LogP contribution is -2.48. The lowest BCUT2D eigenvalue weighted by atomic mass is 10.1. The van der Waals surface area contributed by atoms with Crippen LogP contribution in [0.4, 0.5) is 0 Å². The number of aliphatic hydroxyl groups is 1. The Bertz CT molecular complexity index is 594. The van der Waals surface area contributed by atoms with Gasteiger partial charge in [-0.25, -0.2) is 4.98 Å². The number of rotatable bonds is 10. The molecule has 0 bridgehead atoms. The quantitative estimate of drug-likeness (QED) is 0.628. The van der Waals surface area contributed by atoms with E-state index in [1.165, 1.54) is 6.26 Å². The minimum absolute atomic E-state index is 0.0826. The van der Waals surface area contributed by atoms with E-state index in [9.17, 15) is 9.90 Å². The summed E-state index contributed by atoms with van der Waals surface area (Å²) in [6, 6.07) is 0.137. The minimum atomic E-state index is -0.294. The molecule has 2 heterocycles. The van der Waals surface area contributed by atoms with Gasteiger partial charge in [0.15, 0.2) is 5.69 Å². The molecule has 152 valence electrons. The van der Waals surface area contributed by atoms with Gasteiger partial charge in [-0.05, 0) is 33.6 Å². The second-order valence-electron chi connectivity index (χ2n) is 7.41. The van der Waals surface area contributed by atoms with Crippen LogP contribution >= 0.6 is 0 Å². The summed E-state index contributed by atoms with van der Waals surface area (Å²) in [5.74, 6) is 0.499. The summed E-state index contributed by atoms with van der Waals surface area (Å²) < 4.78 is 5.54. The van der Waals surface area contributed by atoms with Crippen LogP contribution < -0.4 is 0 Å². The van der Waals surface area contributed by atoms with Crippen molar-refractivity contribution in [1.82, 2.24) is 19.7 Å². The first kappa shape index (κ1) is 21.6. The number of hydrogen-bond acceptors (Lipinski definition) is 6. The van der Waals surface area contributed by atoms with E-state index in [1.54, 1.807) is 4.90 Å². The average Bonchev–Trinajstić information content (AvgIpc) is 3.10. The normalized spacial score (nSPS) is 17.2. The molecule has 2 rings (SSSR count). The van der Waals surface area contributed by atoms with Crippen molar-refractivity contribution in [1.29, 1.82) is 0 Å². The zero-order valence-electron chi connectivity index (χ0n) is 16.9. The Hall–Kier alpha value is -1.70. The van der Waals surface area contributed by atoms with Crippen LogP contribution in [-0.2, 0) is 6.54 Å². The van der Waals surface area contributed by atoms with Crippen molar-refractivity contribution in [2.24, 2.45) is 0 Å². The van der Waals surface area contributed by atoms with E-state index in [0.29, 0.717) is 31.2 Å². The third-order valence-electron chi connectivity index (χ3n) is 4.99. The fourth-order valence-electron chi connectivity index (χ4n) is 3.39. The van der Waals surface area contributed by atoms with Gasteiger partial charge < -0.3 is 14.4 Å². The number of aromatic nitrogens is 1. The fourth-order valence-corrected chi connectivity index (χ4v) is 3.39. The van der Waals surface area contributed by atoms with Crippen LogP contribution in [-0.4, -0.2) is 82.1 Å². The molecule has 1 aromatic heterocycles. The van der Waals surface area contributed by atoms with Gasteiger partial charge in [-0.1, -0.05) is 6.08 Å². The first-order chi connectivity index (χ1) is 12.9. The molecule has 0 aliphatic carbocycles. The first-order valence-corrected chi connectivity index (χ1v) is 9.93. The van der Waals surface area contributed by atoms with Crippen LogP contribution in [0.5, 0.6) is 0 Å². The highest BCUT2D eigenvalue weighted by Crippen LogP contribution is 2.12. The smallest absolute Gasteiger partial charge is 0.276 e. The molecule has 0 spiro atoms. The second kappa shape index (κ2) is 10.6. The molecule has 1 aromatic rings. The topological polar surface area (TPSA) is 73.1 Å². The molecule has 1 saturated heterocycles. The number of nitrogens with zero attached hydrogens (tertiary/aromatic N) is 4. The molecular weight excluding hydrogens is 344 g/mol. The zero-order valence-corrected chi connectivity index (χ0v) is 16.9. The van der Waals surface area contributed by atoms with Crippen molar-refractivity contribution in [3.05, 3.63) is 30.5 Å². The number of amides is 1. The summed E-state index contributed by atoms with van der Waals surface area (Å²) in [5.41, 5.74) is 0.379. The lowest BCUT2D eigenvalue weighted by molar-refractivity contribution is 0.0641. The maximum absolute atomic E-state index is 12.5. The van der Waals surface area contributed by atoms with Crippen LogP contribution in [0.2, 0.25) is 0 Å². The van der Waals surface area contributed by atoms with Crippen LogP contribution in [0, 0.1) is 0 Å². The monoisotopic (exact) mass is 378 g/mol. The highest BCUT2D eigenvalue weighted by molar-refractivity contribution is 5.92. The van der Waals surface area contributed by atoms with E-state index in [-0.39, 0.29) is 18.1 Å². The number of carbonyl (C=O) groups is 1. The van der Waals surface area contributed by atoms with Crippen LogP contribution in [0.25, 0.3) is 0 Å². The fraction of sp³-hybridized carbons (Fsp3) is 0.700. The molecule has 0 radical (unpaired) electrons. The molecule has 0 saturated carbocycles.